The second-order valence-electron chi connectivity index (χ2n) is 16.4. The number of nitrogens with zero attached hydrogens (tertiary/aromatic N) is 1. The first-order chi connectivity index (χ1) is 21.6. The second kappa shape index (κ2) is 10.9. The molecule has 1 amide bonds. The largest absolute Gasteiger partial charge is 0.461 e. The maximum atomic E-state index is 14.0. The Balaban J connectivity index is 1.16. The summed E-state index contributed by atoms with van der Waals surface area (Å²) in [7, 11) is 0. The maximum Gasteiger partial charge on any atom is 0.410 e. The third-order valence-corrected chi connectivity index (χ3v) is 13.3. The lowest BCUT2D eigenvalue weighted by Gasteiger charge is -2.57. The summed E-state index contributed by atoms with van der Waals surface area (Å²) in [5.41, 5.74) is 3.26. The average Bonchev–Trinajstić information content (AvgIpc) is 3.70. The van der Waals surface area contributed by atoms with Crippen molar-refractivity contribution >= 4 is 11.9 Å². The van der Waals surface area contributed by atoms with Gasteiger partial charge in [-0.3, -0.25) is 4.79 Å². The van der Waals surface area contributed by atoms with Crippen LogP contribution in [0.25, 0.3) is 0 Å². The number of amides is 1. The molecule has 2 aromatic rings. The molecular formula is C39H49NO5. The Morgan fingerprint density at radius 1 is 1.04 bits per heavy atom. The Labute approximate surface area is 267 Å². The Kier molecular flexibility index (Phi) is 7.13. The molecule has 6 fully saturated rings. The van der Waals surface area contributed by atoms with Crippen molar-refractivity contribution in [3.05, 3.63) is 70.7 Å². The zero-order valence-corrected chi connectivity index (χ0v) is 27.1. The molecule has 6 nitrogen and oxygen atoms in total. The van der Waals surface area contributed by atoms with Crippen LogP contribution in [-0.2, 0) is 11.2 Å². The molecule has 8 aliphatic rings. The van der Waals surface area contributed by atoms with Crippen molar-refractivity contribution in [2.45, 2.75) is 115 Å². The minimum absolute atomic E-state index is 0.0503. The van der Waals surface area contributed by atoms with Gasteiger partial charge in [-0.15, -0.1) is 0 Å². The van der Waals surface area contributed by atoms with Gasteiger partial charge in [-0.1, -0.05) is 30.7 Å². The highest BCUT2D eigenvalue weighted by Gasteiger charge is 2.65. The molecule has 1 N–H and O–H groups in total. The molecule has 6 heteroatoms. The van der Waals surface area contributed by atoms with Crippen molar-refractivity contribution in [1.29, 1.82) is 0 Å². The van der Waals surface area contributed by atoms with E-state index in [1.165, 1.54) is 44.1 Å². The molecule has 0 radical (unpaired) electrons. The lowest BCUT2D eigenvalue weighted by molar-refractivity contribution is -0.0641. The summed E-state index contributed by atoms with van der Waals surface area (Å²) in [4.78, 5) is 30.0. The molecule has 10 rings (SSSR count). The molecule has 1 aromatic heterocycles. The third-order valence-electron chi connectivity index (χ3n) is 13.3. The highest BCUT2D eigenvalue weighted by Crippen LogP contribution is 2.64. The minimum atomic E-state index is -0.588. The number of aliphatic hydroxyl groups is 1. The predicted octanol–water partition coefficient (Wildman–Crippen LogP) is 8.23. The Morgan fingerprint density at radius 3 is 2.51 bits per heavy atom. The SMILES string of the molecule is CC1=CCCC2(C)C(CCC23CN(CC24CC5CC(CC(C5)C2)C4)C(=O)O3)c2ccc(cc2C(=O)c2ccco2)CC(O)CC1. The molecule has 6 bridgehead atoms. The smallest absolute Gasteiger partial charge is 0.410 e. The van der Waals surface area contributed by atoms with E-state index < -0.39 is 11.7 Å². The first-order valence-electron chi connectivity index (χ1n) is 17.7. The van der Waals surface area contributed by atoms with Crippen molar-refractivity contribution in [2.75, 3.05) is 13.1 Å². The second-order valence-corrected chi connectivity index (χ2v) is 16.4. The van der Waals surface area contributed by atoms with Crippen molar-refractivity contribution in [1.82, 2.24) is 4.90 Å². The fraction of sp³-hybridized carbons (Fsp3) is 0.641. The van der Waals surface area contributed by atoms with Crippen molar-refractivity contribution in [3.63, 3.8) is 0 Å². The summed E-state index contributed by atoms with van der Waals surface area (Å²) in [6.07, 6.45) is 16.8. The zero-order chi connectivity index (χ0) is 31.0. The van der Waals surface area contributed by atoms with E-state index in [-0.39, 0.29) is 28.6 Å². The fourth-order valence-electron chi connectivity index (χ4n) is 11.5. The predicted molar refractivity (Wildman–Crippen MR) is 172 cm³/mol. The number of aliphatic hydroxyl groups excluding tert-OH is 1. The van der Waals surface area contributed by atoms with Gasteiger partial charge < -0.3 is 19.2 Å². The van der Waals surface area contributed by atoms with E-state index in [1.807, 2.05) is 6.07 Å². The number of ketones is 1. The van der Waals surface area contributed by atoms with Crippen LogP contribution in [0.4, 0.5) is 4.79 Å². The number of carbonyl (C=O) groups is 2. The van der Waals surface area contributed by atoms with Gasteiger partial charge in [0, 0.05) is 17.5 Å². The summed E-state index contributed by atoms with van der Waals surface area (Å²) in [5.74, 6) is 2.80. The Morgan fingerprint density at radius 2 is 1.80 bits per heavy atom. The highest BCUT2D eigenvalue weighted by atomic mass is 16.6. The Bertz CT molecular complexity index is 1470. The van der Waals surface area contributed by atoms with E-state index >= 15 is 0 Å². The summed E-state index contributed by atoms with van der Waals surface area (Å²) in [6.45, 7) is 5.99. The molecular weight excluding hydrogens is 562 g/mol. The van der Waals surface area contributed by atoms with Gasteiger partial charge in [0.15, 0.2) is 5.76 Å². The van der Waals surface area contributed by atoms with E-state index in [4.69, 9.17) is 9.15 Å². The molecule has 7 aliphatic carbocycles. The van der Waals surface area contributed by atoms with Gasteiger partial charge in [-0.25, -0.2) is 4.79 Å². The lowest BCUT2D eigenvalue weighted by Crippen LogP contribution is -2.52. The molecule has 4 unspecified atom stereocenters. The molecule has 1 saturated heterocycles. The molecule has 1 spiro atoms. The number of hydrogen-bond acceptors (Lipinski definition) is 5. The van der Waals surface area contributed by atoms with E-state index in [0.717, 1.165) is 67.5 Å². The average molecular weight is 612 g/mol. The summed E-state index contributed by atoms with van der Waals surface area (Å²) in [5, 5.41) is 10.9. The third kappa shape index (κ3) is 5.01. The van der Waals surface area contributed by atoms with Crippen molar-refractivity contribution < 1.29 is 23.8 Å². The van der Waals surface area contributed by atoms with Crippen molar-refractivity contribution in [2.24, 2.45) is 28.6 Å². The number of benzene rings is 1. The zero-order valence-electron chi connectivity index (χ0n) is 27.1. The first kappa shape index (κ1) is 29.5. The molecule has 45 heavy (non-hydrogen) atoms. The topological polar surface area (TPSA) is 80.0 Å². The van der Waals surface area contributed by atoms with Crippen molar-refractivity contribution in [3.8, 4) is 0 Å². The van der Waals surface area contributed by atoms with Crippen LogP contribution in [-0.4, -0.2) is 46.7 Å². The first-order valence-corrected chi connectivity index (χ1v) is 17.7. The molecule has 2 heterocycles. The monoisotopic (exact) mass is 611 g/mol. The van der Waals surface area contributed by atoms with Crippen LogP contribution in [0, 0.1) is 28.6 Å². The van der Waals surface area contributed by atoms with Crippen LogP contribution in [0.2, 0.25) is 0 Å². The summed E-state index contributed by atoms with van der Waals surface area (Å²) >= 11 is 0. The van der Waals surface area contributed by atoms with Crippen LogP contribution in [0.3, 0.4) is 0 Å². The molecule has 4 atom stereocenters. The van der Waals surface area contributed by atoms with Crippen LogP contribution in [0.15, 0.2) is 52.7 Å². The molecule has 1 aromatic carbocycles. The molecule has 5 saturated carbocycles. The summed E-state index contributed by atoms with van der Waals surface area (Å²) < 4.78 is 12.3. The fourth-order valence-corrected chi connectivity index (χ4v) is 11.5. The maximum absolute atomic E-state index is 14.0. The van der Waals surface area contributed by atoms with E-state index in [1.54, 1.807) is 18.4 Å². The van der Waals surface area contributed by atoms with Gasteiger partial charge in [0.05, 0.1) is 18.9 Å². The van der Waals surface area contributed by atoms with E-state index in [0.29, 0.717) is 30.7 Å². The van der Waals surface area contributed by atoms with Crippen LogP contribution in [0.1, 0.15) is 124 Å². The lowest BCUT2D eigenvalue weighted by atomic mass is 9.49. The van der Waals surface area contributed by atoms with E-state index in [2.05, 4.69) is 37.0 Å². The van der Waals surface area contributed by atoms with Gasteiger partial charge in [-0.2, -0.15) is 0 Å². The van der Waals surface area contributed by atoms with Gasteiger partial charge in [0.2, 0.25) is 5.78 Å². The number of rotatable bonds is 4. The highest BCUT2D eigenvalue weighted by molar-refractivity contribution is 6.08. The normalized spacial score (nSPS) is 39.2. The molecule has 1 aliphatic heterocycles. The van der Waals surface area contributed by atoms with Crippen LogP contribution < -0.4 is 0 Å². The standard InChI is InChI=1S/C39H49NO5/c1-25-5-3-12-37(2)33(31-10-8-26(18-30(41)9-7-25)19-32(31)35(42)34-6-4-14-44-34)11-13-39(37)24-40(36(43)45-39)23-38-20-27-15-28(21-38)17-29(16-27)22-38/h4-6,8,10,14,19,27-30,33,41H,3,7,9,11-13,15-18,20-24H2,1-2H3. The number of furan rings is 1. The number of allylic oxidation sites excluding steroid dienone is 2. The minimum Gasteiger partial charge on any atom is -0.461 e. The number of ether oxygens (including phenoxy) is 1. The Hall–Kier alpha value is -2.86. The van der Waals surface area contributed by atoms with Crippen LogP contribution >= 0.6 is 0 Å². The van der Waals surface area contributed by atoms with Gasteiger partial charge in [-0.05, 0) is 149 Å². The molecule has 240 valence electrons. The van der Waals surface area contributed by atoms with Gasteiger partial charge in [0.1, 0.15) is 5.60 Å². The van der Waals surface area contributed by atoms with Crippen LogP contribution in [0.5, 0.6) is 0 Å². The number of carbonyl (C=O) groups excluding carboxylic acids is 2. The van der Waals surface area contributed by atoms with Gasteiger partial charge >= 0.3 is 6.09 Å². The van der Waals surface area contributed by atoms with Gasteiger partial charge in [0.25, 0.3) is 0 Å². The van der Waals surface area contributed by atoms with E-state index in [9.17, 15) is 14.7 Å². The quantitative estimate of drug-likeness (QED) is 0.278. The summed E-state index contributed by atoms with van der Waals surface area (Å²) in [6, 6.07) is 9.69. The number of hydrogen-bond donors (Lipinski definition) is 1. The number of fused-ring (bicyclic) bond motifs is 8.